The molecular formula is C26H35NO2. The van der Waals surface area contributed by atoms with Crippen molar-refractivity contribution in [3.63, 3.8) is 0 Å². The van der Waals surface area contributed by atoms with Gasteiger partial charge in [0.05, 0.1) is 6.61 Å². The number of pyridine rings is 1. The van der Waals surface area contributed by atoms with Crippen LogP contribution in [0.4, 0.5) is 0 Å². The van der Waals surface area contributed by atoms with Gasteiger partial charge in [0.15, 0.2) is 0 Å². The predicted molar refractivity (Wildman–Crippen MR) is 115 cm³/mol. The van der Waals surface area contributed by atoms with E-state index in [-0.39, 0.29) is 16.8 Å². The lowest BCUT2D eigenvalue weighted by molar-refractivity contribution is -0.143. The van der Waals surface area contributed by atoms with Gasteiger partial charge in [-0.25, -0.2) is 0 Å². The van der Waals surface area contributed by atoms with Crippen molar-refractivity contribution in [2.45, 2.75) is 72.1 Å². The van der Waals surface area contributed by atoms with Crippen molar-refractivity contribution in [1.82, 2.24) is 4.98 Å². The van der Waals surface area contributed by atoms with Gasteiger partial charge < -0.3 is 4.74 Å². The average Bonchev–Trinajstić information content (AvgIpc) is 2.99. The normalized spacial score (nSPS) is 41.5. The number of aromatic nitrogens is 1. The van der Waals surface area contributed by atoms with Gasteiger partial charge in [-0.2, -0.15) is 0 Å². The summed E-state index contributed by atoms with van der Waals surface area (Å²) in [5.74, 6) is 2.80. The molecule has 3 aliphatic carbocycles. The predicted octanol–water partition coefficient (Wildman–Crippen LogP) is 5.83. The van der Waals surface area contributed by atoms with Crippen molar-refractivity contribution >= 4 is 11.5 Å². The van der Waals surface area contributed by atoms with Gasteiger partial charge in [0.25, 0.3) is 0 Å². The van der Waals surface area contributed by atoms with Crippen LogP contribution in [0.5, 0.6) is 0 Å². The molecule has 1 aromatic heterocycles. The maximum Gasteiger partial charge on any atom is 0.306 e. The molecule has 1 saturated heterocycles. The molecule has 29 heavy (non-hydrogen) atoms. The SMILES string of the molecule is CCc1cncc(C2=CCC3[C@@H]4CCC5CC(=O)OCC[C@]5(C)C4CC[C@]23C)c1. The molecule has 0 spiro atoms. The second kappa shape index (κ2) is 6.96. The molecule has 0 radical (unpaired) electrons. The maximum absolute atomic E-state index is 12.1. The standard InChI is InChI=1S/C26H35NO2/c1-4-17-13-18(16-27-15-17)21-7-8-22-20-6-5-19-14-24(28)29-12-11-25(19,2)23(20)9-10-26(21,22)3/h7,13,15-16,19-20,22-23H,4-6,8-12,14H2,1-3H3/t19?,20-,22?,23?,25-,26+/m0/s1. The number of hydrogen-bond donors (Lipinski definition) is 0. The van der Waals surface area contributed by atoms with Crippen molar-refractivity contribution in [2.75, 3.05) is 6.61 Å². The van der Waals surface area contributed by atoms with E-state index in [0.29, 0.717) is 18.9 Å². The van der Waals surface area contributed by atoms with Crippen LogP contribution in [-0.2, 0) is 16.0 Å². The smallest absolute Gasteiger partial charge is 0.306 e. The number of rotatable bonds is 2. The number of ether oxygens (including phenoxy) is 1. The number of allylic oxidation sites excluding steroid dienone is 2. The number of nitrogens with zero attached hydrogens (tertiary/aromatic N) is 1. The number of esters is 1. The molecule has 1 aromatic rings. The van der Waals surface area contributed by atoms with Crippen LogP contribution in [0.3, 0.4) is 0 Å². The van der Waals surface area contributed by atoms with E-state index >= 15 is 0 Å². The van der Waals surface area contributed by atoms with Crippen LogP contribution in [0, 0.1) is 34.5 Å². The third-order valence-corrected chi connectivity index (χ3v) is 9.48. The number of aryl methyl sites for hydroxylation is 1. The molecule has 3 unspecified atom stereocenters. The van der Waals surface area contributed by atoms with E-state index in [1.807, 2.05) is 6.20 Å². The Balaban J connectivity index is 1.44. The van der Waals surface area contributed by atoms with Gasteiger partial charge in [0.2, 0.25) is 0 Å². The molecule has 2 saturated carbocycles. The molecule has 1 aliphatic heterocycles. The first-order chi connectivity index (χ1) is 14.0. The molecule has 6 atom stereocenters. The molecule has 0 amide bonds. The minimum atomic E-state index is 0.0333. The van der Waals surface area contributed by atoms with E-state index < -0.39 is 0 Å². The molecule has 5 rings (SSSR count). The summed E-state index contributed by atoms with van der Waals surface area (Å²) in [4.78, 5) is 16.6. The van der Waals surface area contributed by atoms with E-state index in [1.54, 1.807) is 5.57 Å². The van der Waals surface area contributed by atoms with Crippen LogP contribution >= 0.6 is 0 Å². The van der Waals surface area contributed by atoms with E-state index in [4.69, 9.17) is 4.74 Å². The van der Waals surface area contributed by atoms with Crippen LogP contribution in [0.1, 0.15) is 76.8 Å². The Morgan fingerprint density at radius 3 is 2.83 bits per heavy atom. The first kappa shape index (κ1) is 19.3. The van der Waals surface area contributed by atoms with Gasteiger partial charge in [0, 0.05) is 18.8 Å². The van der Waals surface area contributed by atoms with Crippen molar-refractivity contribution in [3.05, 3.63) is 35.7 Å². The van der Waals surface area contributed by atoms with Crippen LogP contribution in [-0.4, -0.2) is 17.6 Å². The molecule has 2 heterocycles. The lowest BCUT2D eigenvalue weighted by Crippen LogP contribution is -2.51. The van der Waals surface area contributed by atoms with E-state index in [1.165, 1.54) is 43.2 Å². The van der Waals surface area contributed by atoms with Crippen molar-refractivity contribution in [3.8, 4) is 0 Å². The maximum atomic E-state index is 12.1. The van der Waals surface area contributed by atoms with Crippen LogP contribution < -0.4 is 0 Å². The lowest BCUT2D eigenvalue weighted by atomic mass is 9.46. The molecule has 3 nitrogen and oxygen atoms in total. The fourth-order valence-electron chi connectivity index (χ4n) is 7.75. The number of carbonyl (C=O) groups excluding carboxylic acids is 1. The summed E-state index contributed by atoms with van der Waals surface area (Å²) in [6, 6.07) is 2.37. The Labute approximate surface area is 175 Å². The van der Waals surface area contributed by atoms with Crippen LogP contribution in [0.15, 0.2) is 24.5 Å². The Morgan fingerprint density at radius 2 is 2.00 bits per heavy atom. The van der Waals surface area contributed by atoms with Gasteiger partial charge in [-0.15, -0.1) is 0 Å². The summed E-state index contributed by atoms with van der Waals surface area (Å²) < 4.78 is 5.49. The van der Waals surface area contributed by atoms with E-state index in [9.17, 15) is 4.79 Å². The highest BCUT2D eigenvalue weighted by atomic mass is 16.5. The molecule has 156 valence electrons. The van der Waals surface area contributed by atoms with Gasteiger partial charge >= 0.3 is 5.97 Å². The molecule has 0 aromatic carbocycles. The summed E-state index contributed by atoms with van der Waals surface area (Å²) in [7, 11) is 0. The topological polar surface area (TPSA) is 39.2 Å². The van der Waals surface area contributed by atoms with Crippen molar-refractivity contribution < 1.29 is 9.53 Å². The highest BCUT2D eigenvalue weighted by molar-refractivity contribution is 5.73. The zero-order chi connectivity index (χ0) is 20.2. The number of carbonyl (C=O) groups is 1. The first-order valence-corrected chi connectivity index (χ1v) is 11.8. The van der Waals surface area contributed by atoms with Gasteiger partial charge in [-0.1, -0.05) is 26.8 Å². The Kier molecular flexibility index (Phi) is 4.64. The third kappa shape index (κ3) is 2.91. The quantitative estimate of drug-likeness (QED) is 0.593. The fraction of sp³-hybridized carbons (Fsp3) is 0.692. The van der Waals surface area contributed by atoms with E-state index in [0.717, 1.165) is 30.6 Å². The second-order valence-electron chi connectivity index (χ2n) is 10.6. The fourth-order valence-corrected chi connectivity index (χ4v) is 7.75. The van der Waals surface area contributed by atoms with Crippen molar-refractivity contribution in [2.24, 2.45) is 34.5 Å². The molecular weight excluding hydrogens is 358 g/mol. The summed E-state index contributed by atoms with van der Waals surface area (Å²) in [6.07, 6.45) is 15.6. The summed E-state index contributed by atoms with van der Waals surface area (Å²) in [6.45, 7) is 7.84. The second-order valence-corrected chi connectivity index (χ2v) is 10.6. The third-order valence-electron chi connectivity index (χ3n) is 9.48. The highest BCUT2D eigenvalue weighted by Gasteiger charge is 2.58. The average molecular weight is 394 g/mol. The molecule has 0 bridgehead atoms. The van der Waals surface area contributed by atoms with Crippen LogP contribution in [0.2, 0.25) is 0 Å². The molecule has 4 aliphatic rings. The molecule has 3 fully saturated rings. The molecule has 3 heteroatoms. The number of cyclic esters (lactones) is 1. The van der Waals surface area contributed by atoms with Crippen LogP contribution in [0.25, 0.3) is 5.57 Å². The zero-order valence-electron chi connectivity index (χ0n) is 18.2. The Morgan fingerprint density at radius 1 is 1.14 bits per heavy atom. The largest absolute Gasteiger partial charge is 0.466 e. The summed E-state index contributed by atoms with van der Waals surface area (Å²) in [5, 5.41) is 0. The first-order valence-electron chi connectivity index (χ1n) is 11.8. The van der Waals surface area contributed by atoms with E-state index in [2.05, 4.69) is 44.1 Å². The minimum Gasteiger partial charge on any atom is -0.466 e. The van der Waals surface area contributed by atoms with Gasteiger partial charge in [-0.05, 0) is 102 Å². The number of hydrogen-bond acceptors (Lipinski definition) is 3. The Hall–Kier alpha value is -1.64. The highest BCUT2D eigenvalue weighted by Crippen LogP contribution is 2.66. The molecule has 0 N–H and O–H groups in total. The Bertz CT molecular complexity index is 845. The monoisotopic (exact) mass is 393 g/mol. The summed E-state index contributed by atoms with van der Waals surface area (Å²) >= 11 is 0. The minimum absolute atomic E-state index is 0.0333. The van der Waals surface area contributed by atoms with Gasteiger partial charge in [-0.3, -0.25) is 9.78 Å². The number of fused-ring (bicyclic) bond motifs is 5. The zero-order valence-corrected chi connectivity index (χ0v) is 18.2. The van der Waals surface area contributed by atoms with Gasteiger partial charge in [0.1, 0.15) is 0 Å². The lowest BCUT2D eigenvalue weighted by Gasteiger charge is -2.58. The summed E-state index contributed by atoms with van der Waals surface area (Å²) in [5.41, 5.74) is 4.77. The van der Waals surface area contributed by atoms with Crippen molar-refractivity contribution in [1.29, 1.82) is 0 Å².